The Morgan fingerprint density at radius 3 is 2.60 bits per heavy atom. The number of para-hydroxylation sites is 1. The molecule has 0 fully saturated rings. The normalized spacial score (nSPS) is 11.0. The Balaban J connectivity index is 1.50. The van der Waals surface area contributed by atoms with Gasteiger partial charge in [0.25, 0.3) is 5.91 Å². The number of fused-ring (bicyclic) bond motifs is 1. The van der Waals surface area contributed by atoms with Crippen LogP contribution in [0.25, 0.3) is 10.9 Å². The third kappa shape index (κ3) is 4.64. The van der Waals surface area contributed by atoms with Crippen molar-refractivity contribution >= 4 is 34.6 Å². The number of carbonyl (C=O) groups is 1. The lowest BCUT2D eigenvalue weighted by Gasteiger charge is -2.09. The average molecular weight is 416 g/mol. The zero-order valence-corrected chi connectivity index (χ0v) is 16.7. The Morgan fingerprint density at radius 2 is 1.77 bits per heavy atom. The van der Waals surface area contributed by atoms with E-state index in [0.717, 1.165) is 16.5 Å². The van der Waals surface area contributed by atoms with Crippen LogP contribution in [0.3, 0.4) is 0 Å². The van der Waals surface area contributed by atoms with Gasteiger partial charge in [-0.25, -0.2) is 10.4 Å². The van der Waals surface area contributed by atoms with Crippen LogP contribution >= 0.6 is 11.6 Å². The Bertz CT molecular complexity index is 1210. The molecule has 0 aliphatic rings. The summed E-state index contributed by atoms with van der Waals surface area (Å²) in [5, 5.41) is 5.33. The lowest BCUT2D eigenvalue weighted by molar-refractivity contribution is 0.0955. The molecule has 0 aliphatic heterocycles. The molecular formula is C24H18ClN3O2. The summed E-state index contributed by atoms with van der Waals surface area (Å²) in [4.78, 5) is 16.8. The fourth-order valence-electron chi connectivity index (χ4n) is 2.92. The van der Waals surface area contributed by atoms with E-state index >= 15 is 0 Å². The molecular weight excluding hydrogens is 398 g/mol. The molecule has 1 heterocycles. The molecule has 6 heteroatoms. The van der Waals surface area contributed by atoms with Crippen LogP contribution in [0.4, 0.5) is 0 Å². The molecule has 0 spiro atoms. The molecule has 4 aromatic rings. The van der Waals surface area contributed by atoms with Crippen LogP contribution in [-0.4, -0.2) is 17.1 Å². The lowest BCUT2D eigenvalue weighted by atomic mass is 10.2. The smallest absolute Gasteiger partial charge is 0.272 e. The highest BCUT2D eigenvalue weighted by Gasteiger charge is 2.08. The first-order valence-corrected chi connectivity index (χ1v) is 9.73. The van der Waals surface area contributed by atoms with Gasteiger partial charge in [-0.1, -0.05) is 72.3 Å². The van der Waals surface area contributed by atoms with E-state index in [1.54, 1.807) is 24.3 Å². The number of aromatic nitrogens is 1. The van der Waals surface area contributed by atoms with Crippen molar-refractivity contribution in [3.8, 4) is 5.75 Å². The topological polar surface area (TPSA) is 63.6 Å². The molecule has 0 saturated heterocycles. The second kappa shape index (κ2) is 9.20. The molecule has 1 aromatic heterocycles. The first-order chi connectivity index (χ1) is 14.7. The maximum Gasteiger partial charge on any atom is 0.272 e. The highest BCUT2D eigenvalue weighted by atomic mass is 35.5. The Labute approximate surface area is 179 Å². The summed E-state index contributed by atoms with van der Waals surface area (Å²) in [6.45, 7) is 0.452. The van der Waals surface area contributed by atoms with E-state index in [-0.39, 0.29) is 5.91 Å². The number of nitrogens with one attached hydrogen (secondary N) is 1. The van der Waals surface area contributed by atoms with Crippen molar-refractivity contribution in [1.29, 1.82) is 0 Å². The van der Waals surface area contributed by atoms with E-state index in [9.17, 15) is 4.79 Å². The largest absolute Gasteiger partial charge is 0.487 e. The molecule has 0 bridgehead atoms. The monoisotopic (exact) mass is 415 g/mol. The van der Waals surface area contributed by atoms with Gasteiger partial charge in [0.1, 0.15) is 17.9 Å². The number of ether oxygens (including phenoxy) is 1. The van der Waals surface area contributed by atoms with E-state index in [2.05, 4.69) is 15.5 Å². The number of nitrogens with zero attached hydrogens (tertiary/aromatic N) is 2. The summed E-state index contributed by atoms with van der Waals surface area (Å²) in [7, 11) is 0. The molecule has 0 aliphatic carbocycles. The van der Waals surface area contributed by atoms with Crippen molar-refractivity contribution < 1.29 is 9.53 Å². The SMILES string of the molecule is O=C(N/N=C/c1ccc2cccc(OCc3ccccc3)c2n1)c1ccccc1Cl. The molecule has 5 nitrogen and oxygen atoms in total. The standard InChI is InChI=1S/C24H18ClN3O2/c25-21-11-5-4-10-20(21)24(29)28-26-15-19-14-13-18-9-6-12-22(23(18)27-19)30-16-17-7-2-1-3-8-17/h1-15H,16H2,(H,28,29)/b26-15+. The van der Waals surface area contributed by atoms with Crippen LogP contribution in [-0.2, 0) is 6.61 Å². The third-order valence-corrected chi connectivity index (χ3v) is 4.75. The molecule has 0 saturated carbocycles. The van der Waals surface area contributed by atoms with Gasteiger partial charge in [0, 0.05) is 5.39 Å². The van der Waals surface area contributed by atoms with Crippen LogP contribution in [0.2, 0.25) is 5.02 Å². The van der Waals surface area contributed by atoms with Crippen molar-refractivity contribution in [2.45, 2.75) is 6.61 Å². The Morgan fingerprint density at radius 1 is 0.967 bits per heavy atom. The summed E-state index contributed by atoms with van der Waals surface area (Å²) in [6, 6.07) is 26.3. The number of carbonyl (C=O) groups excluding carboxylic acids is 1. The molecule has 0 unspecified atom stereocenters. The number of hydrogen-bond acceptors (Lipinski definition) is 4. The predicted molar refractivity (Wildman–Crippen MR) is 119 cm³/mol. The van der Waals surface area contributed by atoms with Crippen LogP contribution in [0.15, 0.2) is 90.0 Å². The number of hydrazone groups is 1. The molecule has 4 rings (SSSR count). The van der Waals surface area contributed by atoms with Crippen molar-refractivity contribution in [3.05, 3.63) is 107 Å². The number of pyridine rings is 1. The molecule has 30 heavy (non-hydrogen) atoms. The minimum Gasteiger partial charge on any atom is -0.487 e. The van der Waals surface area contributed by atoms with Gasteiger partial charge in [-0.3, -0.25) is 4.79 Å². The van der Waals surface area contributed by atoms with Crippen LogP contribution in [0.5, 0.6) is 5.75 Å². The summed E-state index contributed by atoms with van der Waals surface area (Å²) < 4.78 is 5.98. The molecule has 1 amide bonds. The Hall–Kier alpha value is -3.70. The van der Waals surface area contributed by atoms with Gasteiger partial charge in [0.05, 0.1) is 22.5 Å². The molecule has 0 radical (unpaired) electrons. The van der Waals surface area contributed by atoms with E-state index in [1.165, 1.54) is 6.21 Å². The third-order valence-electron chi connectivity index (χ3n) is 4.42. The van der Waals surface area contributed by atoms with Crippen LogP contribution in [0, 0.1) is 0 Å². The number of hydrogen-bond donors (Lipinski definition) is 1. The summed E-state index contributed by atoms with van der Waals surface area (Å²) in [5.41, 5.74) is 5.24. The number of rotatable bonds is 6. The predicted octanol–water partition coefficient (Wildman–Crippen LogP) is 5.23. The molecule has 1 N–H and O–H groups in total. The van der Waals surface area contributed by atoms with E-state index in [1.807, 2.05) is 60.7 Å². The summed E-state index contributed by atoms with van der Waals surface area (Å²) in [5.74, 6) is 0.302. The van der Waals surface area contributed by atoms with E-state index < -0.39 is 0 Å². The van der Waals surface area contributed by atoms with Crippen molar-refractivity contribution in [3.63, 3.8) is 0 Å². The maximum absolute atomic E-state index is 12.2. The zero-order chi connectivity index (χ0) is 20.8. The molecule has 148 valence electrons. The molecule has 0 atom stereocenters. The van der Waals surface area contributed by atoms with Crippen LogP contribution in [0.1, 0.15) is 21.6 Å². The van der Waals surface area contributed by atoms with Gasteiger partial charge < -0.3 is 4.74 Å². The summed E-state index contributed by atoms with van der Waals surface area (Å²) >= 11 is 6.03. The van der Waals surface area contributed by atoms with Gasteiger partial charge in [-0.15, -0.1) is 0 Å². The van der Waals surface area contributed by atoms with Gasteiger partial charge >= 0.3 is 0 Å². The second-order valence-corrected chi connectivity index (χ2v) is 6.92. The summed E-state index contributed by atoms with van der Waals surface area (Å²) in [6.07, 6.45) is 1.49. The fraction of sp³-hybridized carbons (Fsp3) is 0.0417. The number of benzene rings is 3. The Kier molecular flexibility index (Phi) is 6.01. The van der Waals surface area contributed by atoms with E-state index in [0.29, 0.717) is 28.6 Å². The van der Waals surface area contributed by atoms with Gasteiger partial charge in [0.15, 0.2) is 0 Å². The molecule has 3 aromatic carbocycles. The van der Waals surface area contributed by atoms with Crippen LogP contribution < -0.4 is 10.2 Å². The minimum absolute atomic E-state index is 0.361. The van der Waals surface area contributed by atoms with Crippen molar-refractivity contribution in [1.82, 2.24) is 10.4 Å². The highest BCUT2D eigenvalue weighted by molar-refractivity contribution is 6.33. The minimum atomic E-state index is -0.385. The number of amides is 1. The highest BCUT2D eigenvalue weighted by Crippen LogP contribution is 2.24. The van der Waals surface area contributed by atoms with Crippen molar-refractivity contribution in [2.24, 2.45) is 5.10 Å². The zero-order valence-electron chi connectivity index (χ0n) is 16.0. The first kappa shape index (κ1) is 19.6. The van der Waals surface area contributed by atoms with Gasteiger partial charge in [-0.05, 0) is 29.8 Å². The quantitative estimate of drug-likeness (QED) is 0.346. The fourth-order valence-corrected chi connectivity index (χ4v) is 3.14. The van der Waals surface area contributed by atoms with Gasteiger partial charge in [0.2, 0.25) is 0 Å². The van der Waals surface area contributed by atoms with Crippen molar-refractivity contribution in [2.75, 3.05) is 0 Å². The van der Waals surface area contributed by atoms with Gasteiger partial charge in [-0.2, -0.15) is 5.10 Å². The first-order valence-electron chi connectivity index (χ1n) is 9.35. The maximum atomic E-state index is 12.2. The van der Waals surface area contributed by atoms with E-state index in [4.69, 9.17) is 16.3 Å². The average Bonchev–Trinajstić information content (AvgIpc) is 2.78. The number of halogens is 1. The lowest BCUT2D eigenvalue weighted by Crippen LogP contribution is -2.18. The second-order valence-electron chi connectivity index (χ2n) is 6.52.